The lowest BCUT2D eigenvalue weighted by molar-refractivity contribution is -0.119. The second-order valence-corrected chi connectivity index (χ2v) is 5.27. The van der Waals surface area contributed by atoms with E-state index < -0.39 is 6.10 Å². The van der Waals surface area contributed by atoms with E-state index in [2.05, 4.69) is 10.1 Å². The second kappa shape index (κ2) is 4.87. The number of Topliss-reactive ketones (excluding diaryl/α,β-unsaturated/α-hetero) is 1. The molecule has 2 heterocycles. The second-order valence-electron chi connectivity index (χ2n) is 5.27. The predicted octanol–water partition coefficient (Wildman–Crippen LogP) is 2.42. The summed E-state index contributed by atoms with van der Waals surface area (Å²) in [5, 5.41) is 3.95. The van der Waals surface area contributed by atoms with Crippen LogP contribution in [0.3, 0.4) is 0 Å². The van der Waals surface area contributed by atoms with Crippen LogP contribution in [0.25, 0.3) is 0 Å². The van der Waals surface area contributed by atoms with Gasteiger partial charge in [-0.1, -0.05) is 17.3 Å². The van der Waals surface area contributed by atoms with Crippen LogP contribution in [0, 0.1) is 0 Å². The molecule has 2 unspecified atom stereocenters. The zero-order chi connectivity index (χ0) is 14.2. The van der Waals surface area contributed by atoms with Crippen molar-refractivity contribution in [2.24, 2.45) is 0 Å². The minimum absolute atomic E-state index is 0.177. The van der Waals surface area contributed by atoms with Crippen molar-refractivity contribution in [2.45, 2.75) is 31.3 Å². The first-order valence-corrected chi connectivity index (χ1v) is 7.06. The average molecular weight is 286 g/mol. The third-order valence-corrected chi connectivity index (χ3v) is 3.86. The molecule has 1 fully saturated rings. The molecule has 2 aliphatic rings. The van der Waals surface area contributed by atoms with Crippen molar-refractivity contribution in [3.8, 4) is 11.5 Å². The van der Waals surface area contributed by atoms with Gasteiger partial charge in [0.1, 0.15) is 12.4 Å². The van der Waals surface area contributed by atoms with E-state index >= 15 is 0 Å². The van der Waals surface area contributed by atoms with Crippen LogP contribution in [0.15, 0.2) is 28.8 Å². The van der Waals surface area contributed by atoms with E-state index in [1.807, 2.05) is 24.3 Å². The molecule has 4 rings (SSSR count). The number of nitrogens with zero attached hydrogens (tertiary/aromatic N) is 2. The minimum Gasteiger partial charge on any atom is -0.485 e. The third kappa shape index (κ3) is 2.16. The molecule has 0 bridgehead atoms. The SMILES string of the molecule is O=C1CCCC1c1nc(C2COc3ccccc3O2)no1. The molecule has 0 radical (unpaired) electrons. The molecular formula is C15H14N2O4. The van der Waals surface area contributed by atoms with Crippen molar-refractivity contribution in [1.29, 1.82) is 0 Å². The summed E-state index contributed by atoms with van der Waals surface area (Å²) in [5.74, 6) is 2.13. The smallest absolute Gasteiger partial charge is 0.237 e. The molecule has 6 nitrogen and oxygen atoms in total. The van der Waals surface area contributed by atoms with Crippen LogP contribution in [0.1, 0.15) is 43.0 Å². The fourth-order valence-electron chi connectivity index (χ4n) is 2.74. The molecule has 0 spiro atoms. The summed E-state index contributed by atoms with van der Waals surface area (Å²) < 4.78 is 16.7. The normalized spacial score (nSPS) is 24.3. The third-order valence-electron chi connectivity index (χ3n) is 3.86. The molecule has 2 aromatic rings. The maximum absolute atomic E-state index is 11.7. The molecule has 6 heteroatoms. The van der Waals surface area contributed by atoms with Crippen LogP contribution in [-0.4, -0.2) is 22.5 Å². The van der Waals surface area contributed by atoms with Crippen molar-refractivity contribution < 1.29 is 18.8 Å². The Hall–Kier alpha value is -2.37. The summed E-state index contributed by atoms with van der Waals surface area (Å²) in [4.78, 5) is 16.1. The van der Waals surface area contributed by atoms with Gasteiger partial charge in [0.2, 0.25) is 11.7 Å². The fraction of sp³-hybridized carbons (Fsp3) is 0.400. The largest absolute Gasteiger partial charge is 0.485 e. The standard InChI is InChI=1S/C15H14N2O4/c18-10-5-3-4-9(10)15-16-14(17-21-15)13-8-19-11-6-1-2-7-12(11)20-13/h1-2,6-7,9,13H,3-5,8H2. The van der Waals surface area contributed by atoms with E-state index in [9.17, 15) is 4.79 Å². The number of hydrogen-bond acceptors (Lipinski definition) is 6. The first-order chi connectivity index (χ1) is 10.3. The minimum atomic E-state index is -0.408. The number of fused-ring (bicyclic) bond motifs is 1. The molecule has 1 aliphatic heterocycles. The molecule has 2 atom stereocenters. The number of carbonyl (C=O) groups is 1. The molecule has 1 aromatic heterocycles. The van der Waals surface area contributed by atoms with Crippen LogP contribution in [0.2, 0.25) is 0 Å². The average Bonchev–Trinajstić information content (AvgIpc) is 3.15. The Balaban J connectivity index is 1.55. The van der Waals surface area contributed by atoms with Crippen LogP contribution >= 0.6 is 0 Å². The molecule has 0 N–H and O–H groups in total. The number of benzene rings is 1. The van der Waals surface area contributed by atoms with E-state index in [0.29, 0.717) is 36.2 Å². The summed E-state index contributed by atoms with van der Waals surface area (Å²) in [6, 6.07) is 7.46. The van der Waals surface area contributed by atoms with Gasteiger partial charge in [-0.05, 0) is 25.0 Å². The summed E-state index contributed by atoms with van der Waals surface area (Å²) in [6.07, 6.45) is 1.86. The van der Waals surface area contributed by atoms with Gasteiger partial charge >= 0.3 is 0 Å². The van der Waals surface area contributed by atoms with E-state index in [1.54, 1.807) is 0 Å². The van der Waals surface area contributed by atoms with Crippen LogP contribution in [-0.2, 0) is 4.79 Å². The molecular weight excluding hydrogens is 272 g/mol. The molecule has 0 saturated heterocycles. The predicted molar refractivity (Wildman–Crippen MR) is 71.2 cm³/mol. The zero-order valence-corrected chi connectivity index (χ0v) is 11.3. The van der Waals surface area contributed by atoms with Gasteiger partial charge in [-0.15, -0.1) is 0 Å². The Bertz CT molecular complexity index is 682. The summed E-state index contributed by atoms with van der Waals surface area (Å²) in [5.41, 5.74) is 0. The Labute approximate surface area is 121 Å². The number of ether oxygens (including phenoxy) is 2. The van der Waals surface area contributed by atoms with Crippen LogP contribution in [0.5, 0.6) is 11.5 Å². The zero-order valence-electron chi connectivity index (χ0n) is 11.3. The highest BCUT2D eigenvalue weighted by Crippen LogP contribution is 2.36. The van der Waals surface area contributed by atoms with Crippen molar-refractivity contribution in [3.05, 3.63) is 36.0 Å². The lowest BCUT2D eigenvalue weighted by Gasteiger charge is -2.24. The monoisotopic (exact) mass is 286 g/mol. The van der Waals surface area contributed by atoms with Crippen LogP contribution in [0.4, 0.5) is 0 Å². The Kier molecular flexibility index (Phi) is 2.87. The Morgan fingerprint density at radius 2 is 2.05 bits per heavy atom. The maximum Gasteiger partial charge on any atom is 0.237 e. The van der Waals surface area contributed by atoms with Crippen molar-refractivity contribution in [1.82, 2.24) is 10.1 Å². The van der Waals surface area contributed by atoms with Gasteiger partial charge in [-0.25, -0.2) is 0 Å². The number of carbonyl (C=O) groups excluding carboxylic acids is 1. The fourth-order valence-corrected chi connectivity index (χ4v) is 2.74. The van der Waals surface area contributed by atoms with Gasteiger partial charge in [0.25, 0.3) is 0 Å². The molecule has 21 heavy (non-hydrogen) atoms. The van der Waals surface area contributed by atoms with Gasteiger partial charge in [-0.3, -0.25) is 4.79 Å². The van der Waals surface area contributed by atoms with E-state index in [1.165, 1.54) is 0 Å². The first-order valence-electron chi connectivity index (χ1n) is 7.06. The van der Waals surface area contributed by atoms with E-state index in [-0.39, 0.29) is 11.7 Å². The molecule has 1 saturated carbocycles. The number of para-hydroxylation sites is 2. The number of aromatic nitrogens is 2. The van der Waals surface area contributed by atoms with Gasteiger partial charge < -0.3 is 14.0 Å². The van der Waals surface area contributed by atoms with E-state index in [4.69, 9.17) is 14.0 Å². The van der Waals surface area contributed by atoms with Gasteiger partial charge in [-0.2, -0.15) is 4.98 Å². The summed E-state index contributed by atoms with van der Waals surface area (Å²) >= 11 is 0. The highest BCUT2D eigenvalue weighted by atomic mass is 16.6. The van der Waals surface area contributed by atoms with Gasteiger partial charge in [0.15, 0.2) is 17.6 Å². The quantitative estimate of drug-likeness (QED) is 0.844. The number of rotatable bonds is 2. The first kappa shape index (κ1) is 12.4. The molecule has 1 aromatic carbocycles. The highest BCUT2D eigenvalue weighted by Gasteiger charge is 2.33. The Morgan fingerprint density at radius 3 is 2.86 bits per heavy atom. The molecule has 0 amide bonds. The summed E-state index contributed by atoms with van der Waals surface area (Å²) in [7, 11) is 0. The number of ketones is 1. The molecule has 108 valence electrons. The van der Waals surface area contributed by atoms with E-state index in [0.717, 1.165) is 12.8 Å². The number of hydrogen-bond donors (Lipinski definition) is 0. The van der Waals surface area contributed by atoms with Crippen LogP contribution < -0.4 is 9.47 Å². The van der Waals surface area contributed by atoms with Gasteiger partial charge in [0, 0.05) is 6.42 Å². The maximum atomic E-state index is 11.7. The van der Waals surface area contributed by atoms with Gasteiger partial charge in [0.05, 0.1) is 5.92 Å². The Morgan fingerprint density at radius 1 is 1.19 bits per heavy atom. The topological polar surface area (TPSA) is 74.5 Å². The van der Waals surface area contributed by atoms with Crippen molar-refractivity contribution in [2.75, 3.05) is 6.61 Å². The van der Waals surface area contributed by atoms with Crippen molar-refractivity contribution in [3.63, 3.8) is 0 Å². The van der Waals surface area contributed by atoms with Crippen molar-refractivity contribution >= 4 is 5.78 Å². The summed E-state index contributed by atoms with van der Waals surface area (Å²) in [6.45, 7) is 0.328. The lowest BCUT2D eigenvalue weighted by atomic mass is 10.1. The molecule has 1 aliphatic carbocycles. The lowest BCUT2D eigenvalue weighted by Crippen LogP contribution is -2.22. The highest BCUT2D eigenvalue weighted by molar-refractivity contribution is 5.86.